The van der Waals surface area contributed by atoms with Gasteiger partial charge in [0.1, 0.15) is 11.1 Å². The van der Waals surface area contributed by atoms with E-state index in [4.69, 9.17) is 9.47 Å². The standard InChI is InChI=1S/C28H35N3O4/c1-16-11-26-12-19-25(4,5)28(14-27(19,15-31(26)13-16)30(6)23(26)33)17-7-8-18-21(20(17)29-22(28)32)34-10-9-24(2,3)35-18/h7-10,16,19H,11-15H2,1-6H3,(H,29,32)/t16-,19+,26+,27-,28-/m1/s1. The van der Waals surface area contributed by atoms with Gasteiger partial charge in [-0.05, 0) is 68.1 Å². The number of benzene rings is 1. The van der Waals surface area contributed by atoms with Crippen LogP contribution in [0.3, 0.4) is 0 Å². The van der Waals surface area contributed by atoms with Gasteiger partial charge in [0.05, 0.1) is 22.9 Å². The number of ether oxygens (including phenoxy) is 2. The Labute approximate surface area is 206 Å². The summed E-state index contributed by atoms with van der Waals surface area (Å²) in [5.41, 5.74) is -0.694. The van der Waals surface area contributed by atoms with Crippen molar-refractivity contribution in [3.8, 4) is 11.5 Å². The number of carbonyl (C=O) groups is 2. The average molecular weight is 478 g/mol. The number of piperazine rings is 1. The maximum Gasteiger partial charge on any atom is 0.243 e. The molecule has 5 atom stereocenters. The molecule has 1 saturated carbocycles. The maximum absolute atomic E-state index is 14.1. The molecule has 1 N–H and O–H groups in total. The summed E-state index contributed by atoms with van der Waals surface area (Å²) in [5, 5.41) is 3.22. The van der Waals surface area contributed by atoms with Crippen molar-refractivity contribution in [1.29, 1.82) is 0 Å². The number of carbonyl (C=O) groups excluding carboxylic acids is 2. The van der Waals surface area contributed by atoms with Gasteiger partial charge >= 0.3 is 0 Å². The van der Waals surface area contributed by atoms with Crippen molar-refractivity contribution < 1.29 is 19.1 Å². The van der Waals surface area contributed by atoms with Gasteiger partial charge in [-0.2, -0.15) is 0 Å². The predicted molar refractivity (Wildman–Crippen MR) is 131 cm³/mol. The van der Waals surface area contributed by atoms with Crippen molar-refractivity contribution in [1.82, 2.24) is 9.80 Å². The van der Waals surface area contributed by atoms with Crippen LogP contribution in [0.15, 0.2) is 24.5 Å². The Balaban J connectivity index is 1.40. The van der Waals surface area contributed by atoms with Crippen LogP contribution in [0.2, 0.25) is 0 Å². The van der Waals surface area contributed by atoms with Crippen molar-refractivity contribution in [2.24, 2.45) is 17.3 Å². The van der Waals surface area contributed by atoms with Crippen molar-refractivity contribution in [3.63, 3.8) is 0 Å². The molecule has 2 bridgehead atoms. The Morgan fingerprint density at radius 3 is 2.66 bits per heavy atom. The van der Waals surface area contributed by atoms with Gasteiger partial charge < -0.3 is 19.7 Å². The summed E-state index contributed by atoms with van der Waals surface area (Å²) < 4.78 is 12.3. The van der Waals surface area contributed by atoms with Crippen LogP contribution < -0.4 is 14.8 Å². The quantitative estimate of drug-likeness (QED) is 0.617. The third-order valence-corrected chi connectivity index (χ3v) is 10.6. The molecule has 5 fully saturated rings. The van der Waals surface area contributed by atoms with E-state index in [9.17, 15) is 9.59 Å². The molecule has 0 aromatic heterocycles. The number of rotatable bonds is 0. The molecule has 8 rings (SSSR count). The summed E-state index contributed by atoms with van der Waals surface area (Å²) in [6, 6.07) is 4.01. The Bertz CT molecular complexity index is 1240. The molecule has 2 amide bonds. The minimum absolute atomic E-state index is 0.0149. The summed E-state index contributed by atoms with van der Waals surface area (Å²) in [5.74, 6) is 2.20. The summed E-state index contributed by atoms with van der Waals surface area (Å²) >= 11 is 0. The molecule has 7 aliphatic rings. The normalized spacial score (nSPS) is 41.6. The number of likely N-dealkylation sites (N-methyl/N-ethyl adjacent to an activating group) is 1. The summed E-state index contributed by atoms with van der Waals surface area (Å²) in [6.45, 7) is 12.5. The number of hydrogen-bond acceptors (Lipinski definition) is 5. The topological polar surface area (TPSA) is 71.1 Å². The lowest BCUT2D eigenvalue weighted by Crippen LogP contribution is -2.78. The van der Waals surface area contributed by atoms with E-state index in [-0.39, 0.29) is 28.7 Å². The highest BCUT2D eigenvalue weighted by Gasteiger charge is 2.79. The molecule has 186 valence electrons. The molecular weight excluding hydrogens is 442 g/mol. The van der Waals surface area contributed by atoms with E-state index in [2.05, 4.69) is 37.1 Å². The SMILES string of the molecule is C[C@H]1CN2C[C@]34C[C@@]5(C(=O)Nc6c5ccc5c6OC=CC(C)(C)O5)C(C)(C)[C@@H]3C[C@@]2(C1)C(=O)N4C. The van der Waals surface area contributed by atoms with Crippen molar-refractivity contribution in [2.75, 3.05) is 25.5 Å². The largest absolute Gasteiger partial charge is 0.480 e. The lowest BCUT2D eigenvalue weighted by atomic mass is 9.57. The van der Waals surface area contributed by atoms with E-state index in [1.165, 1.54) is 0 Å². The van der Waals surface area contributed by atoms with Gasteiger partial charge in [-0.25, -0.2) is 0 Å². The van der Waals surface area contributed by atoms with E-state index >= 15 is 0 Å². The third-order valence-electron chi connectivity index (χ3n) is 10.6. The van der Waals surface area contributed by atoms with Gasteiger partial charge in [0, 0.05) is 20.1 Å². The lowest BCUT2D eigenvalue weighted by Gasteiger charge is -2.64. The summed E-state index contributed by atoms with van der Waals surface area (Å²) in [7, 11) is 1.99. The smallest absolute Gasteiger partial charge is 0.243 e. The third kappa shape index (κ3) is 2.24. The lowest BCUT2D eigenvalue weighted by molar-refractivity contribution is -0.184. The van der Waals surface area contributed by atoms with E-state index in [1.807, 2.05) is 37.9 Å². The molecule has 1 aromatic rings. The fourth-order valence-corrected chi connectivity index (χ4v) is 9.07. The van der Waals surface area contributed by atoms with Gasteiger partial charge in [0.2, 0.25) is 11.8 Å². The first-order valence-electron chi connectivity index (χ1n) is 12.9. The van der Waals surface area contributed by atoms with Crippen LogP contribution in [0.25, 0.3) is 0 Å². The van der Waals surface area contributed by atoms with Crippen LogP contribution >= 0.6 is 0 Å². The minimum Gasteiger partial charge on any atom is -0.480 e. The molecule has 4 saturated heterocycles. The zero-order valence-electron chi connectivity index (χ0n) is 21.5. The van der Waals surface area contributed by atoms with Crippen LogP contribution in [0.1, 0.15) is 59.4 Å². The van der Waals surface area contributed by atoms with Gasteiger partial charge in [-0.3, -0.25) is 14.5 Å². The number of nitrogens with one attached hydrogen (secondary N) is 1. The first-order chi connectivity index (χ1) is 16.4. The first-order valence-corrected chi connectivity index (χ1v) is 12.9. The molecule has 1 aromatic carbocycles. The predicted octanol–water partition coefficient (Wildman–Crippen LogP) is 3.68. The van der Waals surface area contributed by atoms with Crippen LogP contribution in [-0.2, 0) is 15.0 Å². The van der Waals surface area contributed by atoms with E-state index in [0.29, 0.717) is 29.5 Å². The fourth-order valence-electron chi connectivity index (χ4n) is 9.07. The molecule has 0 radical (unpaired) electrons. The summed E-state index contributed by atoms with van der Waals surface area (Å²) in [4.78, 5) is 32.5. The Hall–Kier alpha value is -2.54. The zero-order valence-corrected chi connectivity index (χ0v) is 21.5. The average Bonchev–Trinajstić information content (AvgIpc) is 3.27. The highest BCUT2D eigenvalue weighted by molar-refractivity contribution is 6.09. The van der Waals surface area contributed by atoms with Crippen LogP contribution in [0, 0.1) is 17.3 Å². The summed E-state index contributed by atoms with van der Waals surface area (Å²) in [6.07, 6.45) is 5.91. The van der Waals surface area contributed by atoms with Crippen molar-refractivity contribution in [2.45, 2.75) is 76.0 Å². The highest BCUT2D eigenvalue weighted by Crippen LogP contribution is 2.72. The van der Waals surface area contributed by atoms with Crippen molar-refractivity contribution >= 4 is 17.5 Å². The molecule has 7 nitrogen and oxygen atoms in total. The number of piperidine rings is 2. The molecular formula is C28H35N3O4. The Morgan fingerprint density at radius 2 is 1.89 bits per heavy atom. The van der Waals surface area contributed by atoms with Crippen LogP contribution in [0.4, 0.5) is 5.69 Å². The number of anilines is 1. The molecule has 3 spiro atoms. The second-order valence-corrected chi connectivity index (χ2v) is 13.1. The number of amides is 2. The highest BCUT2D eigenvalue weighted by atomic mass is 16.5. The molecule has 35 heavy (non-hydrogen) atoms. The number of nitrogens with zero attached hydrogens (tertiary/aromatic N) is 2. The second kappa shape index (κ2) is 6.05. The van der Waals surface area contributed by atoms with E-state index in [0.717, 1.165) is 31.5 Å². The number of fused-ring (bicyclic) bond motifs is 5. The molecule has 6 heterocycles. The first kappa shape index (κ1) is 21.7. The van der Waals surface area contributed by atoms with Crippen molar-refractivity contribution in [3.05, 3.63) is 30.0 Å². The second-order valence-electron chi connectivity index (χ2n) is 13.1. The van der Waals surface area contributed by atoms with Crippen LogP contribution in [0.5, 0.6) is 11.5 Å². The van der Waals surface area contributed by atoms with Gasteiger partial charge in [-0.1, -0.05) is 26.8 Å². The van der Waals surface area contributed by atoms with E-state index in [1.54, 1.807) is 6.26 Å². The molecule has 7 heteroatoms. The molecule has 0 unspecified atom stereocenters. The minimum atomic E-state index is -0.748. The van der Waals surface area contributed by atoms with Gasteiger partial charge in [0.25, 0.3) is 0 Å². The van der Waals surface area contributed by atoms with Gasteiger partial charge in [-0.15, -0.1) is 0 Å². The maximum atomic E-state index is 14.1. The van der Waals surface area contributed by atoms with Crippen LogP contribution in [-0.4, -0.2) is 58.4 Å². The van der Waals surface area contributed by atoms with Gasteiger partial charge in [0.15, 0.2) is 11.5 Å². The Morgan fingerprint density at radius 1 is 1.11 bits per heavy atom. The Kier molecular flexibility index (Phi) is 3.75. The number of hydrogen-bond donors (Lipinski definition) is 1. The van der Waals surface area contributed by atoms with E-state index < -0.39 is 16.6 Å². The monoisotopic (exact) mass is 477 g/mol. The fraction of sp³-hybridized carbons (Fsp3) is 0.643. The molecule has 1 aliphatic carbocycles. The zero-order chi connectivity index (χ0) is 24.8. The molecule has 6 aliphatic heterocycles.